The van der Waals surface area contributed by atoms with E-state index in [-0.39, 0.29) is 30.1 Å². The quantitative estimate of drug-likeness (QED) is 0.737. The van der Waals surface area contributed by atoms with Gasteiger partial charge in [-0.2, -0.15) is 5.10 Å². The summed E-state index contributed by atoms with van der Waals surface area (Å²) in [5, 5.41) is 6.60. The summed E-state index contributed by atoms with van der Waals surface area (Å²) in [6.45, 7) is 2.89. The molecular weight excluding hydrogens is 264 g/mol. The largest absolute Gasteiger partial charge is 0.469 e. The number of ether oxygens (including phenoxy) is 2. The van der Waals surface area contributed by atoms with Crippen LogP contribution < -0.4 is 5.73 Å². The first kappa shape index (κ1) is 14.3. The van der Waals surface area contributed by atoms with Crippen LogP contribution in [0.1, 0.15) is 22.6 Å². The molecule has 0 bridgehead atoms. The smallest absolute Gasteiger partial charge is 0.308 e. The lowest BCUT2D eigenvalue weighted by Crippen LogP contribution is -2.46. The second-order valence-corrected chi connectivity index (χ2v) is 4.64. The third kappa shape index (κ3) is 2.90. The van der Waals surface area contributed by atoms with E-state index in [2.05, 4.69) is 14.9 Å². The predicted octanol–water partition coefficient (Wildman–Crippen LogP) is -0.296. The highest BCUT2D eigenvalue weighted by Gasteiger charge is 2.29. The molecule has 8 nitrogen and oxygen atoms in total. The van der Waals surface area contributed by atoms with Crippen LogP contribution >= 0.6 is 0 Å². The Morgan fingerprint density at radius 1 is 1.60 bits per heavy atom. The SMILES string of the molecule is COC(=O)CC1CN(C(=O)c2n[nH]c(C)c2N)CCO1. The summed E-state index contributed by atoms with van der Waals surface area (Å²) in [5.74, 6) is -0.621. The number of amides is 1. The Kier molecular flexibility index (Phi) is 4.23. The fraction of sp³-hybridized carbons (Fsp3) is 0.583. The molecule has 1 unspecified atom stereocenters. The van der Waals surface area contributed by atoms with Crippen molar-refractivity contribution in [3.05, 3.63) is 11.4 Å². The van der Waals surface area contributed by atoms with Crippen molar-refractivity contribution in [3.8, 4) is 0 Å². The Hall–Kier alpha value is -2.09. The van der Waals surface area contributed by atoms with Gasteiger partial charge in [-0.05, 0) is 6.92 Å². The number of nitrogen functional groups attached to an aromatic ring is 1. The van der Waals surface area contributed by atoms with Crippen LogP contribution in [0.2, 0.25) is 0 Å². The Balaban J connectivity index is 2.03. The van der Waals surface area contributed by atoms with Gasteiger partial charge in [0.15, 0.2) is 5.69 Å². The van der Waals surface area contributed by atoms with Gasteiger partial charge < -0.3 is 20.1 Å². The van der Waals surface area contributed by atoms with Crippen molar-refractivity contribution in [1.29, 1.82) is 0 Å². The summed E-state index contributed by atoms with van der Waals surface area (Å²) in [5.41, 5.74) is 7.02. The number of nitrogens with two attached hydrogens (primary N) is 1. The third-order valence-electron chi connectivity index (χ3n) is 3.25. The number of aryl methyl sites for hydroxylation is 1. The Morgan fingerprint density at radius 3 is 2.95 bits per heavy atom. The molecule has 0 saturated carbocycles. The Labute approximate surface area is 116 Å². The molecule has 0 radical (unpaired) electrons. The van der Waals surface area contributed by atoms with Crippen LogP contribution in [-0.4, -0.2) is 59.9 Å². The van der Waals surface area contributed by atoms with Crippen LogP contribution in [0.15, 0.2) is 0 Å². The molecule has 1 saturated heterocycles. The lowest BCUT2D eigenvalue weighted by Gasteiger charge is -2.32. The molecule has 1 amide bonds. The minimum absolute atomic E-state index is 0.120. The molecule has 20 heavy (non-hydrogen) atoms. The van der Waals surface area contributed by atoms with Crippen molar-refractivity contribution < 1.29 is 19.1 Å². The van der Waals surface area contributed by atoms with E-state index in [0.29, 0.717) is 31.1 Å². The summed E-state index contributed by atoms with van der Waals surface area (Å²) in [7, 11) is 1.32. The van der Waals surface area contributed by atoms with Gasteiger partial charge in [0, 0.05) is 13.1 Å². The summed E-state index contributed by atoms with van der Waals surface area (Å²) >= 11 is 0. The number of carbonyl (C=O) groups is 2. The molecule has 2 rings (SSSR count). The zero-order valence-electron chi connectivity index (χ0n) is 11.5. The average Bonchev–Trinajstić information content (AvgIpc) is 2.78. The second-order valence-electron chi connectivity index (χ2n) is 4.64. The maximum absolute atomic E-state index is 12.3. The number of rotatable bonds is 3. The summed E-state index contributed by atoms with van der Waals surface area (Å²) in [4.78, 5) is 25.2. The number of esters is 1. The number of anilines is 1. The maximum atomic E-state index is 12.3. The van der Waals surface area contributed by atoms with Gasteiger partial charge in [0.25, 0.3) is 5.91 Å². The Morgan fingerprint density at radius 2 is 2.35 bits per heavy atom. The number of hydrogen-bond acceptors (Lipinski definition) is 6. The number of hydrogen-bond donors (Lipinski definition) is 2. The average molecular weight is 282 g/mol. The molecule has 0 spiro atoms. The number of nitrogens with one attached hydrogen (secondary N) is 1. The number of aromatic nitrogens is 2. The van der Waals surface area contributed by atoms with Gasteiger partial charge in [-0.15, -0.1) is 0 Å². The van der Waals surface area contributed by atoms with Crippen molar-refractivity contribution in [2.75, 3.05) is 32.5 Å². The number of nitrogens with zero attached hydrogens (tertiary/aromatic N) is 2. The highest BCUT2D eigenvalue weighted by molar-refractivity contribution is 5.97. The predicted molar refractivity (Wildman–Crippen MR) is 70.0 cm³/mol. The van der Waals surface area contributed by atoms with Gasteiger partial charge in [0.05, 0.1) is 37.6 Å². The van der Waals surface area contributed by atoms with Gasteiger partial charge in [0.1, 0.15) is 0 Å². The van der Waals surface area contributed by atoms with E-state index >= 15 is 0 Å². The third-order valence-corrected chi connectivity index (χ3v) is 3.25. The van der Waals surface area contributed by atoms with E-state index in [9.17, 15) is 9.59 Å². The van der Waals surface area contributed by atoms with E-state index in [1.165, 1.54) is 7.11 Å². The van der Waals surface area contributed by atoms with E-state index < -0.39 is 0 Å². The van der Waals surface area contributed by atoms with Crippen molar-refractivity contribution in [2.24, 2.45) is 0 Å². The van der Waals surface area contributed by atoms with Crippen molar-refractivity contribution in [3.63, 3.8) is 0 Å². The van der Waals surface area contributed by atoms with Gasteiger partial charge in [0.2, 0.25) is 0 Å². The van der Waals surface area contributed by atoms with Gasteiger partial charge in [-0.25, -0.2) is 0 Å². The maximum Gasteiger partial charge on any atom is 0.308 e. The molecule has 1 fully saturated rings. The van der Waals surface area contributed by atoms with Crippen molar-refractivity contribution >= 4 is 17.6 Å². The molecule has 0 aliphatic carbocycles. The molecule has 1 aromatic heterocycles. The van der Waals surface area contributed by atoms with Gasteiger partial charge in [-0.1, -0.05) is 0 Å². The minimum Gasteiger partial charge on any atom is -0.469 e. The molecule has 3 N–H and O–H groups in total. The first-order chi connectivity index (χ1) is 9.52. The minimum atomic E-state index is -0.362. The van der Waals surface area contributed by atoms with Gasteiger partial charge in [-0.3, -0.25) is 14.7 Å². The molecular formula is C12H18N4O4. The molecule has 1 atom stereocenters. The topological polar surface area (TPSA) is 111 Å². The summed E-state index contributed by atoms with van der Waals surface area (Å²) in [6.07, 6.45) is -0.239. The van der Waals surface area contributed by atoms with E-state index in [0.717, 1.165) is 0 Å². The normalized spacial score (nSPS) is 18.9. The zero-order chi connectivity index (χ0) is 14.7. The lowest BCUT2D eigenvalue weighted by molar-refractivity contribution is -0.145. The van der Waals surface area contributed by atoms with Crippen LogP contribution in [0.5, 0.6) is 0 Å². The molecule has 1 aliphatic rings. The van der Waals surface area contributed by atoms with Crippen LogP contribution in [-0.2, 0) is 14.3 Å². The highest BCUT2D eigenvalue weighted by atomic mass is 16.5. The van der Waals surface area contributed by atoms with Crippen molar-refractivity contribution in [2.45, 2.75) is 19.4 Å². The molecule has 110 valence electrons. The molecule has 1 aromatic rings. The first-order valence-electron chi connectivity index (χ1n) is 6.31. The van der Waals surface area contributed by atoms with Crippen LogP contribution in [0.25, 0.3) is 0 Å². The number of aromatic amines is 1. The molecule has 0 aromatic carbocycles. The molecule has 1 aliphatic heterocycles. The highest BCUT2D eigenvalue weighted by Crippen LogP contribution is 2.17. The number of H-pyrrole nitrogens is 1. The monoisotopic (exact) mass is 282 g/mol. The Bertz CT molecular complexity index is 514. The van der Waals surface area contributed by atoms with E-state index in [4.69, 9.17) is 10.5 Å². The summed E-state index contributed by atoms with van der Waals surface area (Å²) in [6, 6.07) is 0. The fourth-order valence-electron chi connectivity index (χ4n) is 2.05. The number of morpholine rings is 1. The lowest BCUT2D eigenvalue weighted by atomic mass is 10.2. The fourth-order valence-corrected chi connectivity index (χ4v) is 2.05. The molecule has 8 heteroatoms. The number of carbonyl (C=O) groups excluding carboxylic acids is 2. The first-order valence-corrected chi connectivity index (χ1v) is 6.31. The van der Waals surface area contributed by atoms with Crippen molar-refractivity contribution in [1.82, 2.24) is 15.1 Å². The van der Waals surface area contributed by atoms with E-state index in [1.807, 2.05) is 0 Å². The second kappa shape index (κ2) is 5.91. The number of methoxy groups -OCH3 is 1. The van der Waals surface area contributed by atoms with E-state index in [1.54, 1.807) is 11.8 Å². The van der Waals surface area contributed by atoms with Gasteiger partial charge >= 0.3 is 5.97 Å². The summed E-state index contributed by atoms with van der Waals surface area (Å²) < 4.78 is 10.0. The standard InChI is InChI=1S/C12H18N4O4/c1-7-10(13)11(15-14-7)12(18)16-3-4-20-8(6-16)5-9(17)19-2/h8H,3-6,13H2,1-2H3,(H,14,15). The van der Waals surface area contributed by atoms with Crippen LogP contribution in [0.3, 0.4) is 0 Å². The van der Waals surface area contributed by atoms with Crippen LogP contribution in [0, 0.1) is 6.92 Å². The molecule has 2 heterocycles. The zero-order valence-corrected chi connectivity index (χ0v) is 11.5. The van der Waals surface area contributed by atoms with Crippen LogP contribution in [0.4, 0.5) is 5.69 Å².